The van der Waals surface area contributed by atoms with Gasteiger partial charge in [0, 0.05) is 24.7 Å². The maximum absolute atomic E-state index is 13.1. The van der Waals surface area contributed by atoms with Gasteiger partial charge in [0.05, 0.1) is 6.61 Å². The standard InChI is InChI=1S/C10H14F2N2O/c11-8-1-2-10(12)7(3-8)4-14-5-9(13)6-15/h1-3,9,14-15H,4-6,13H2. The molecule has 0 aliphatic carbocycles. The van der Waals surface area contributed by atoms with Crippen molar-refractivity contribution in [1.82, 2.24) is 5.32 Å². The van der Waals surface area contributed by atoms with Crippen LogP contribution in [0.4, 0.5) is 8.78 Å². The van der Waals surface area contributed by atoms with E-state index in [1.165, 1.54) is 0 Å². The quantitative estimate of drug-likeness (QED) is 0.666. The van der Waals surface area contributed by atoms with E-state index in [2.05, 4.69) is 5.32 Å². The molecule has 5 heteroatoms. The lowest BCUT2D eigenvalue weighted by atomic mass is 10.2. The summed E-state index contributed by atoms with van der Waals surface area (Å²) in [5, 5.41) is 11.5. The Balaban J connectivity index is 2.46. The molecule has 1 aromatic carbocycles. The highest BCUT2D eigenvalue weighted by atomic mass is 19.1. The van der Waals surface area contributed by atoms with Crippen LogP contribution in [0.2, 0.25) is 0 Å². The van der Waals surface area contributed by atoms with E-state index in [0.717, 1.165) is 18.2 Å². The molecular formula is C10H14F2N2O. The zero-order chi connectivity index (χ0) is 11.3. The number of hydrogen-bond donors (Lipinski definition) is 3. The lowest BCUT2D eigenvalue weighted by molar-refractivity contribution is 0.262. The Labute approximate surface area is 86.9 Å². The molecule has 1 rings (SSSR count). The molecule has 1 unspecified atom stereocenters. The highest BCUT2D eigenvalue weighted by Gasteiger charge is 2.04. The first-order chi connectivity index (χ1) is 7.13. The van der Waals surface area contributed by atoms with Gasteiger partial charge in [0.1, 0.15) is 11.6 Å². The van der Waals surface area contributed by atoms with Crippen LogP contribution in [-0.2, 0) is 6.54 Å². The van der Waals surface area contributed by atoms with Crippen molar-refractivity contribution in [2.45, 2.75) is 12.6 Å². The van der Waals surface area contributed by atoms with Crippen LogP contribution in [0.3, 0.4) is 0 Å². The lowest BCUT2D eigenvalue weighted by Gasteiger charge is -2.10. The molecule has 0 saturated carbocycles. The molecule has 0 aliphatic rings. The fourth-order valence-electron chi connectivity index (χ4n) is 1.14. The molecule has 0 amide bonds. The number of hydrogen-bond acceptors (Lipinski definition) is 3. The summed E-state index contributed by atoms with van der Waals surface area (Å²) in [6, 6.07) is 2.89. The molecule has 3 nitrogen and oxygen atoms in total. The molecule has 0 heterocycles. The van der Waals surface area contributed by atoms with Crippen LogP contribution in [0, 0.1) is 11.6 Å². The van der Waals surface area contributed by atoms with Crippen molar-refractivity contribution < 1.29 is 13.9 Å². The maximum atomic E-state index is 13.1. The molecule has 0 bridgehead atoms. The molecule has 0 saturated heterocycles. The Hall–Kier alpha value is -1.04. The highest BCUT2D eigenvalue weighted by Crippen LogP contribution is 2.08. The average Bonchev–Trinajstić information content (AvgIpc) is 2.23. The van der Waals surface area contributed by atoms with Crippen molar-refractivity contribution in [3.63, 3.8) is 0 Å². The second-order valence-corrected chi connectivity index (χ2v) is 3.31. The number of nitrogens with one attached hydrogen (secondary N) is 1. The largest absolute Gasteiger partial charge is 0.395 e. The van der Waals surface area contributed by atoms with Crippen LogP contribution < -0.4 is 11.1 Å². The van der Waals surface area contributed by atoms with Gasteiger partial charge in [-0.2, -0.15) is 0 Å². The Morgan fingerprint density at radius 1 is 1.40 bits per heavy atom. The van der Waals surface area contributed by atoms with Crippen molar-refractivity contribution >= 4 is 0 Å². The van der Waals surface area contributed by atoms with Crippen LogP contribution >= 0.6 is 0 Å². The number of aliphatic hydroxyl groups is 1. The number of aliphatic hydroxyl groups excluding tert-OH is 1. The van der Waals surface area contributed by atoms with Gasteiger partial charge >= 0.3 is 0 Å². The highest BCUT2D eigenvalue weighted by molar-refractivity contribution is 5.18. The van der Waals surface area contributed by atoms with Crippen molar-refractivity contribution in [3.8, 4) is 0 Å². The van der Waals surface area contributed by atoms with E-state index in [0.29, 0.717) is 6.54 Å². The molecule has 1 atom stereocenters. The first-order valence-corrected chi connectivity index (χ1v) is 4.64. The summed E-state index contributed by atoms with van der Waals surface area (Å²) in [7, 11) is 0. The van der Waals surface area contributed by atoms with E-state index in [1.54, 1.807) is 0 Å². The number of nitrogens with two attached hydrogens (primary N) is 1. The summed E-state index contributed by atoms with van der Waals surface area (Å²) >= 11 is 0. The molecule has 0 fully saturated rings. The molecule has 0 aliphatic heterocycles. The normalized spacial score (nSPS) is 12.8. The first kappa shape index (κ1) is 12.0. The molecule has 0 radical (unpaired) electrons. The van der Waals surface area contributed by atoms with Gasteiger partial charge in [0.25, 0.3) is 0 Å². The Kier molecular flexibility index (Phi) is 4.61. The summed E-state index contributed by atoms with van der Waals surface area (Å²) in [5.74, 6) is -0.930. The zero-order valence-electron chi connectivity index (χ0n) is 8.21. The second kappa shape index (κ2) is 5.75. The van der Waals surface area contributed by atoms with Crippen molar-refractivity contribution in [1.29, 1.82) is 0 Å². The van der Waals surface area contributed by atoms with E-state index in [1.807, 2.05) is 0 Å². The van der Waals surface area contributed by atoms with Crippen LogP contribution in [-0.4, -0.2) is 24.3 Å². The van der Waals surface area contributed by atoms with Gasteiger partial charge in [0.2, 0.25) is 0 Å². The first-order valence-electron chi connectivity index (χ1n) is 4.64. The molecule has 4 N–H and O–H groups in total. The summed E-state index contributed by atoms with van der Waals surface area (Å²) in [5.41, 5.74) is 5.67. The summed E-state index contributed by atoms with van der Waals surface area (Å²) in [6.45, 7) is 0.405. The summed E-state index contributed by atoms with van der Waals surface area (Å²) in [6.07, 6.45) is 0. The van der Waals surface area contributed by atoms with Gasteiger partial charge in [-0.3, -0.25) is 0 Å². The van der Waals surface area contributed by atoms with Gasteiger partial charge < -0.3 is 16.2 Å². The van der Waals surface area contributed by atoms with Crippen LogP contribution in [0.5, 0.6) is 0 Å². The monoisotopic (exact) mass is 216 g/mol. The maximum Gasteiger partial charge on any atom is 0.127 e. The van der Waals surface area contributed by atoms with Gasteiger partial charge in [-0.25, -0.2) is 8.78 Å². The predicted molar refractivity (Wildman–Crippen MR) is 53.1 cm³/mol. The Morgan fingerprint density at radius 3 is 2.80 bits per heavy atom. The molecule has 0 spiro atoms. The van der Waals surface area contributed by atoms with Crippen LogP contribution in [0.25, 0.3) is 0 Å². The minimum atomic E-state index is -0.473. The minimum Gasteiger partial charge on any atom is -0.395 e. The predicted octanol–water partition coefficient (Wildman–Crippen LogP) is 0.374. The fraction of sp³-hybridized carbons (Fsp3) is 0.400. The molecule has 84 valence electrons. The third-order valence-corrected chi connectivity index (χ3v) is 1.96. The molecule has 15 heavy (non-hydrogen) atoms. The summed E-state index contributed by atoms with van der Waals surface area (Å²) < 4.78 is 25.8. The van der Waals surface area contributed by atoms with Gasteiger partial charge in [-0.15, -0.1) is 0 Å². The average molecular weight is 216 g/mol. The SMILES string of the molecule is NC(CO)CNCc1cc(F)ccc1F. The number of halogens is 2. The molecular weight excluding hydrogens is 202 g/mol. The zero-order valence-corrected chi connectivity index (χ0v) is 8.21. The number of rotatable bonds is 5. The van der Waals surface area contributed by atoms with Gasteiger partial charge in [-0.05, 0) is 18.2 Å². The van der Waals surface area contributed by atoms with E-state index in [9.17, 15) is 8.78 Å². The topological polar surface area (TPSA) is 58.3 Å². The van der Waals surface area contributed by atoms with Crippen LogP contribution in [0.1, 0.15) is 5.56 Å². The smallest absolute Gasteiger partial charge is 0.127 e. The van der Waals surface area contributed by atoms with E-state index < -0.39 is 11.6 Å². The third kappa shape index (κ3) is 3.91. The Morgan fingerprint density at radius 2 is 2.13 bits per heavy atom. The van der Waals surface area contributed by atoms with E-state index in [4.69, 9.17) is 10.8 Å². The van der Waals surface area contributed by atoms with Crippen LogP contribution in [0.15, 0.2) is 18.2 Å². The Bertz CT molecular complexity index is 320. The van der Waals surface area contributed by atoms with Crippen molar-refractivity contribution in [2.24, 2.45) is 5.73 Å². The van der Waals surface area contributed by atoms with E-state index in [-0.39, 0.29) is 24.8 Å². The fourth-order valence-corrected chi connectivity index (χ4v) is 1.14. The third-order valence-electron chi connectivity index (χ3n) is 1.96. The van der Waals surface area contributed by atoms with Gasteiger partial charge in [0.15, 0.2) is 0 Å². The second-order valence-electron chi connectivity index (χ2n) is 3.31. The molecule has 1 aromatic rings. The summed E-state index contributed by atoms with van der Waals surface area (Å²) in [4.78, 5) is 0. The van der Waals surface area contributed by atoms with Crippen molar-refractivity contribution in [2.75, 3.05) is 13.2 Å². The van der Waals surface area contributed by atoms with Gasteiger partial charge in [-0.1, -0.05) is 0 Å². The minimum absolute atomic E-state index is 0.140. The van der Waals surface area contributed by atoms with Crippen molar-refractivity contribution in [3.05, 3.63) is 35.4 Å². The van der Waals surface area contributed by atoms with E-state index >= 15 is 0 Å². The lowest BCUT2D eigenvalue weighted by Crippen LogP contribution is -2.36. The molecule has 0 aromatic heterocycles. The number of benzene rings is 1.